The number of nitrogens with zero attached hydrogens (tertiary/aromatic N) is 4. The molecular formula is C25H30N4O3. The molecule has 2 fully saturated rings. The van der Waals surface area contributed by atoms with Crippen LogP contribution in [0.15, 0.2) is 36.4 Å². The Hall–Kier alpha value is -2.93. The third-order valence-electron chi connectivity index (χ3n) is 6.74. The van der Waals surface area contributed by atoms with Gasteiger partial charge in [0.15, 0.2) is 11.3 Å². The summed E-state index contributed by atoms with van der Waals surface area (Å²) in [5.74, 6) is 0.0430. The van der Waals surface area contributed by atoms with Crippen molar-refractivity contribution >= 4 is 22.7 Å². The van der Waals surface area contributed by atoms with Gasteiger partial charge in [0.2, 0.25) is 0 Å². The lowest BCUT2D eigenvalue weighted by Crippen LogP contribution is -2.37. The maximum absolute atomic E-state index is 12.7. The van der Waals surface area contributed by atoms with Crippen LogP contribution in [0.1, 0.15) is 61.1 Å². The van der Waals surface area contributed by atoms with Gasteiger partial charge in [0.05, 0.1) is 35.2 Å². The van der Waals surface area contributed by atoms with Crippen LogP contribution in [0.4, 0.5) is 5.69 Å². The predicted octanol–water partition coefficient (Wildman–Crippen LogP) is 4.48. The Balaban J connectivity index is 1.70. The molecule has 7 nitrogen and oxygen atoms in total. The molecule has 2 aromatic heterocycles. The highest BCUT2D eigenvalue weighted by atomic mass is 16.5. The van der Waals surface area contributed by atoms with E-state index in [-0.39, 0.29) is 6.10 Å². The third-order valence-corrected chi connectivity index (χ3v) is 6.74. The normalized spacial score (nSPS) is 17.5. The monoisotopic (exact) mass is 434 g/mol. The maximum atomic E-state index is 12.7. The lowest BCUT2D eigenvalue weighted by Gasteiger charge is -2.34. The molecule has 0 radical (unpaired) electrons. The Bertz CT molecular complexity index is 1100. The van der Waals surface area contributed by atoms with Gasteiger partial charge in [0, 0.05) is 26.1 Å². The van der Waals surface area contributed by atoms with Gasteiger partial charge >= 0.3 is 5.97 Å². The number of esters is 1. The zero-order chi connectivity index (χ0) is 22.1. The number of fused-ring (bicyclic) bond motifs is 1. The molecule has 0 atom stereocenters. The largest absolute Gasteiger partial charge is 0.461 e. The Kier molecular flexibility index (Phi) is 5.83. The molecule has 1 aromatic carbocycles. The summed E-state index contributed by atoms with van der Waals surface area (Å²) in [4.78, 5) is 19.9. The number of hydrogen-bond acceptors (Lipinski definition) is 6. The molecule has 32 heavy (non-hydrogen) atoms. The number of rotatable bonds is 6. The van der Waals surface area contributed by atoms with Gasteiger partial charge in [-0.2, -0.15) is 5.10 Å². The molecule has 1 aliphatic heterocycles. The number of pyridine rings is 1. The molecular weight excluding hydrogens is 404 g/mol. The van der Waals surface area contributed by atoms with Crippen molar-refractivity contribution in [2.45, 2.75) is 51.0 Å². The first-order chi connectivity index (χ1) is 15.7. The van der Waals surface area contributed by atoms with Gasteiger partial charge in [0.25, 0.3) is 0 Å². The number of anilines is 1. The van der Waals surface area contributed by atoms with Crippen LogP contribution in [0.2, 0.25) is 0 Å². The van der Waals surface area contributed by atoms with E-state index in [9.17, 15) is 4.79 Å². The summed E-state index contributed by atoms with van der Waals surface area (Å²) in [6.07, 6.45) is 5.72. The van der Waals surface area contributed by atoms with Crippen LogP contribution in [0.5, 0.6) is 0 Å². The van der Waals surface area contributed by atoms with Crippen molar-refractivity contribution in [1.82, 2.24) is 14.8 Å². The fraction of sp³-hybridized carbons (Fsp3) is 0.480. The summed E-state index contributed by atoms with van der Waals surface area (Å²) in [5, 5.41) is 6.14. The molecule has 1 saturated carbocycles. The van der Waals surface area contributed by atoms with Crippen molar-refractivity contribution in [2.75, 3.05) is 31.7 Å². The second-order valence-electron chi connectivity index (χ2n) is 8.63. The molecule has 1 aliphatic carbocycles. The summed E-state index contributed by atoms with van der Waals surface area (Å²) in [5.41, 5.74) is 4.15. The number of hydrogen-bond donors (Lipinski definition) is 0. The Morgan fingerprint density at radius 2 is 1.88 bits per heavy atom. The minimum absolute atomic E-state index is 0.284. The van der Waals surface area contributed by atoms with Crippen molar-refractivity contribution in [3.8, 4) is 5.69 Å². The lowest BCUT2D eigenvalue weighted by molar-refractivity contribution is 0.0519. The summed E-state index contributed by atoms with van der Waals surface area (Å²) < 4.78 is 12.8. The van der Waals surface area contributed by atoms with Crippen LogP contribution in [-0.4, -0.2) is 53.6 Å². The van der Waals surface area contributed by atoms with Crippen LogP contribution in [0.25, 0.3) is 16.7 Å². The highest BCUT2D eigenvalue weighted by molar-refractivity contribution is 5.99. The highest BCUT2D eigenvalue weighted by Crippen LogP contribution is 2.43. The van der Waals surface area contributed by atoms with Gasteiger partial charge in [-0.25, -0.2) is 14.5 Å². The zero-order valence-corrected chi connectivity index (χ0v) is 18.8. The molecule has 0 bridgehead atoms. The number of piperidine rings is 1. The van der Waals surface area contributed by atoms with E-state index in [1.54, 1.807) is 7.11 Å². The summed E-state index contributed by atoms with van der Waals surface area (Å²) >= 11 is 0. The van der Waals surface area contributed by atoms with Gasteiger partial charge in [-0.3, -0.25) is 0 Å². The third kappa shape index (κ3) is 3.75. The number of aromatic nitrogens is 3. The smallest absolute Gasteiger partial charge is 0.357 e. The van der Waals surface area contributed by atoms with E-state index in [0.29, 0.717) is 18.2 Å². The van der Waals surface area contributed by atoms with Crippen LogP contribution in [0.3, 0.4) is 0 Å². The molecule has 3 heterocycles. The first-order valence-electron chi connectivity index (χ1n) is 11.6. The van der Waals surface area contributed by atoms with Crippen LogP contribution >= 0.6 is 0 Å². The Morgan fingerprint density at radius 1 is 1.12 bits per heavy atom. The lowest BCUT2D eigenvalue weighted by atomic mass is 9.82. The number of ether oxygens (including phenoxy) is 2. The maximum Gasteiger partial charge on any atom is 0.357 e. The van der Waals surface area contributed by atoms with Gasteiger partial charge < -0.3 is 14.4 Å². The first-order valence-corrected chi connectivity index (χ1v) is 11.6. The molecule has 0 unspecified atom stereocenters. The number of para-hydroxylation sites is 1. The van der Waals surface area contributed by atoms with E-state index in [1.165, 1.54) is 6.42 Å². The van der Waals surface area contributed by atoms with Crippen LogP contribution < -0.4 is 4.90 Å². The summed E-state index contributed by atoms with van der Waals surface area (Å²) in [6, 6.07) is 11.9. The number of methoxy groups -OCH3 is 1. The van der Waals surface area contributed by atoms with Crippen molar-refractivity contribution in [3.63, 3.8) is 0 Å². The van der Waals surface area contributed by atoms with E-state index in [0.717, 1.165) is 66.9 Å². The predicted molar refractivity (Wildman–Crippen MR) is 124 cm³/mol. The molecule has 5 rings (SSSR count). The Morgan fingerprint density at radius 3 is 2.50 bits per heavy atom. The molecule has 0 amide bonds. The Labute approximate surface area is 188 Å². The number of benzene rings is 1. The van der Waals surface area contributed by atoms with Crippen LogP contribution in [-0.2, 0) is 9.47 Å². The quantitative estimate of drug-likeness (QED) is 0.533. The topological polar surface area (TPSA) is 69.5 Å². The van der Waals surface area contributed by atoms with Crippen molar-refractivity contribution in [3.05, 3.63) is 47.8 Å². The van der Waals surface area contributed by atoms with E-state index in [1.807, 2.05) is 48.0 Å². The standard InChI is InChI=1S/C25H30N4O3/c1-3-32-25(30)20-16-21(28-14-12-19(31-2)13-15-28)22-23(17-8-7-9-17)27-29(24(22)26-20)18-10-5-4-6-11-18/h4-6,10-11,16-17,19H,3,7-9,12-15H2,1-2H3. The second-order valence-corrected chi connectivity index (χ2v) is 8.63. The molecule has 2 aliphatic rings. The van der Waals surface area contributed by atoms with Gasteiger partial charge in [-0.1, -0.05) is 24.6 Å². The fourth-order valence-corrected chi connectivity index (χ4v) is 4.73. The van der Waals surface area contributed by atoms with Gasteiger partial charge in [0.1, 0.15) is 0 Å². The molecule has 1 saturated heterocycles. The first kappa shape index (κ1) is 20.9. The molecule has 168 valence electrons. The number of carbonyl (C=O) groups excluding carboxylic acids is 1. The van der Waals surface area contributed by atoms with Crippen molar-refractivity contribution in [2.24, 2.45) is 0 Å². The minimum atomic E-state index is -0.395. The average molecular weight is 435 g/mol. The highest BCUT2D eigenvalue weighted by Gasteiger charge is 2.31. The SMILES string of the molecule is CCOC(=O)c1cc(N2CCC(OC)CC2)c2c(C3CCC3)nn(-c3ccccc3)c2n1. The average Bonchev–Trinajstić information content (AvgIpc) is 3.17. The summed E-state index contributed by atoms with van der Waals surface area (Å²) in [6.45, 7) is 3.88. The fourth-order valence-electron chi connectivity index (χ4n) is 4.73. The second kappa shape index (κ2) is 8.90. The van der Waals surface area contributed by atoms with Crippen LogP contribution in [0, 0.1) is 0 Å². The minimum Gasteiger partial charge on any atom is -0.461 e. The molecule has 0 spiro atoms. The van der Waals surface area contributed by atoms with Gasteiger partial charge in [-0.15, -0.1) is 0 Å². The molecule has 3 aromatic rings. The van der Waals surface area contributed by atoms with E-state index in [4.69, 9.17) is 19.6 Å². The molecule has 7 heteroatoms. The molecule has 0 N–H and O–H groups in total. The van der Waals surface area contributed by atoms with Crippen molar-refractivity contribution in [1.29, 1.82) is 0 Å². The number of carbonyl (C=O) groups is 1. The van der Waals surface area contributed by atoms with E-state index >= 15 is 0 Å². The van der Waals surface area contributed by atoms with E-state index in [2.05, 4.69) is 4.90 Å². The van der Waals surface area contributed by atoms with Crippen molar-refractivity contribution < 1.29 is 14.3 Å². The van der Waals surface area contributed by atoms with Gasteiger partial charge in [-0.05, 0) is 50.8 Å². The summed E-state index contributed by atoms with van der Waals surface area (Å²) in [7, 11) is 1.78. The zero-order valence-electron chi connectivity index (χ0n) is 18.8. The van der Waals surface area contributed by atoms with E-state index < -0.39 is 5.97 Å².